The van der Waals surface area contributed by atoms with Gasteiger partial charge in [-0.05, 0) is 36.6 Å². The largest absolute Gasteiger partial charge is 0.244 e. The summed E-state index contributed by atoms with van der Waals surface area (Å²) in [7, 11) is -0.178. The number of nitriles is 1. The Kier molecular flexibility index (Phi) is 4.14. The van der Waals surface area contributed by atoms with Crippen LogP contribution >= 0.6 is 11.6 Å². The lowest BCUT2D eigenvalue weighted by atomic mass is 9.99. The molecule has 3 atom stereocenters. The minimum atomic E-state index is -0.178. The lowest BCUT2D eigenvalue weighted by Crippen LogP contribution is -2.17. The first kappa shape index (κ1) is 12.5. The van der Waals surface area contributed by atoms with Crippen molar-refractivity contribution in [1.82, 2.24) is 4.98 Å². The molecule has 1 unspecified atom stereocenters. The molecule has 0 saturated heterocycles. The highest BCUT2D eigenvalue weighted by Crippen LogP contribution is 2.37. The number of aromatic nitrogens is 1. The Morgan fingerprint density at radius 3 is 3.00 bits per heavy atom. The van der Waals surface area contributed by atoms with Crippen LogP contribution in [0.2, 0.25) is 5.15 Å². The molecule has 1 aromatic rings. The fourth-order valence-corrected chi connectivity index (χ4v) is 4.11. The van der Waals surface area contributed by atoms with E-state index in [2.05, 4.69) is 15.6 Å². The predicted molar refractivity (Wildman–Crippen MR) is 71.0 cm³/mol. The van der Waals surface area contributed by atoms with Crippen LogP contribution < -0.4 is 0 Å². The van der Waals surface area contributed by atoms with Crippen molar-refractivity contribution in [2.45, 2.75) is 30.4 Å². The van der Waals surface area contributed by atoms with Gasteiger partial charge in [0.2, 0.25) is 6.19 Å². The smallest absolute Gasteiger partial charge is 0.212 e. The fraction of sp³-hybridized carbons (Fsp3) is 0.500. The topological polar surface area (TPSA) is 49.0 Å². The Morgan fingerprint density at radius 1 is 1.53 bits per heavy atom. The molecule has 1 aromatic heterocycles. The summed E-state index contributed by atoms with van der Waals surface area (Å²) in [5, 5.41) is 9.66. The molecule has 0 aromatic carbocycles. The van der Waals surface area contributed by atoms with Gasteiger partial charge in [0, 0.05) is 11.4 Å². The van der Waals surface area contributed by atoms with E-state index in [9.17, 15) is 0 Å². The lowest BCUT2D eigenvalue weighted by molar-refractivity contribution is 0.730. The Bertz CT molecular complexity index is 464. The zero-order valence-corrected chi connectivity index (χ0v) is 11.2. The molecule has 3 nitrogen and oxygen atoms in total. The van der Waals surface area contributed by atoms with E-state index >= 15 is 0 Å². The van der Waals surface area contributed by atoms with Crippen LogP contribution in [-0.4, -0.2) is 16.5 Å². The van der Waals surface area contributed by atoms with Crippen molar-refractivity contribution in [3.8, 4) is 6.19 Å². The monoisotopic (exact) mass is 267 g/mol. The molecule has 2 rings (SSSR count). The van der Waals surface area contributed by atoms with Gasteiger partial charge in [-0.3, -0.25) is 0 Å². The van der Waals surface area contributed by atoms with Gasteiger partial charge in [0.15, 0.2) is 0 Å². The maximum atomic E-state index is 8.65. The Balaban J connectivity index is 2.23. The molecule has 0 bridgehead atoms. The SMILES string of the molecule is C/S(=N/C#N)[C@@H]1CCC[C@@H]1c1ccc(Cl)nc1. The second-order valence-electron chi connectivity index (χ2n) is 4.21. The standard InChI is InChI=1S/C12H14ClN3S/c1-17(16-8-14)11-4-2-3-10(11)9-5-6-12(13)15-7-9/h5-7,10-11H,2-4H2,1H3/t10-,11-,17?/m1/s1. The highest BCUT2D eigenvalue weighted by Gasteiger charge is 2.30. The van der Waals surface area contributed by atoms with E-state index in [0.717, 1.165) is 12.8 Å². The molecule has 1 heterocycles. The molecule has 90 valence electrons. The van der Waals surface area contributed by atoms with E-state index in [1.165, 1.54) is 12.0 Å². The normalized spacial score (nSPS) is 25.7. The number of halogens is 1. The van der Waals surface area contributed by atoms with Crippen molar-refractivity contribution >= 4 is 22.3 Å². The summed E-state index contributed by atoms with van der Waals surface area (Å²) in [5.41, 5.74) is 1.23. The maximum Gasteiger partial charge on any atom is 0.212 e. The molecule has 17 heavy (non-hydrogen) atoms. The lowest BCUT2D eigenvalue weighted by Gasteiger charge is -2.19. The summed E-state index contributed by atoms with van der Waals surface area (Å²) >= 11 is 5.80. The van der Waals surface area contributed by atoms with Crippen LogP contribution in [0.5, 0.6) is 0 Å². The van der Waals surface area contributed by atoms with Crippen molar-refractivity contribution < 1.29 is 0 Å². The average molecular weight is 268 g/mol. The number of nitrogens with zero attached hydrogens (tertiary/aromatic N) is 3. The second-order valence-corrected chi connectivity index (χ2v) is 6.43. The maximum absolute atomic E-state index is 8.65. The van der Waals surface area contributed by atoms with Crippen molar-refractivity contribution in [3.63, 3.8) is 0 Å². The highest BCUT2D eigenvalue weighted by atomic mass is 35.5. The second kappa shape index (κ2) is 5.61. The molecular formula is C12H14ClN3S. The van der Waals surface area contributed by atoms with Crippen LogP contribution in [0.1, 0.15) is 30.7 Å². The van der Waals surface area contributed by atoms with Gasteiger partial charge in [0.1, 0.15) is 5.15 Å². The molecule has 5 heteroatoms. The van der Waals surface area contributed by atoms with E-state index in [-0.39, 0.29) is 10.7 Å². The quantitative estimate of drug-likeness (QED) is 0.610. The van der Waals surface area contributed by atoms with Crippen molar-refractivity contribution in [2.75, 3.05) is 6.26 Å². The van der Waals surface area contributed by atoms with Gasteiger partial charge < -0.3 is 0 Å². The summed E-state index contributed by atoms with van der Waals surface area (Å²) in [6.07, 6.45) is 9.35. The molecule has 1 fully saturated rings. The first-order valence-electron chi connectivity index (χ1n) is 5.58. The van der Waals surface area contributed by atoms with Gasteiger partial charge in [-0.2, -0.15) is 9.62 Å². The number of pyridine rings is 1. The van der Waals surface area contributed by atoms with Gasteiger partial charge in [-0.1, -0.05) is 34.8 Å². The molecule has 1 aliphatic carbocycles. The van der Waals surface area contributed by atoms with Crippen molar-refractivity contribution in [3.05, 3.63) is 29.0 Å². The van der Waals surface area contributed by atoms with E-state index in [4.69, 9.17) is 16.9 Å². The summed E-state index contributed by atoms with van der Waals surface area (Å²) in [4.78, 5) is 4.14. The summed E-state index contributed by atoms with van der Waals surface area (Å²) in [5.74, 6) is 0.477. The highest BCUT2D eigenvalue weighted by molar-refractivity contribution is 7.87. The third kappa shape index (κ3) is 2.85. The summed E-state index contributed by atoms with van der Waals surface area (Å²) < 4.78 is 3.99. The molecule has 1 saturated carbocycles. The minimum Gasteiger partial charge on any atom is -0.244 e. The number of hydrogen-bond donors (Lipinski definition) is 0. The van der Waals surface area contributed by atoms with Crippen LogP contribution in [-0.2, 0) is 10.7 Å². The van der Waals surface area contributed by atoms with Crippen LogP contribution in [0.4, 0.5) is 0 Å². The Labute approximate surface area is 109 Å². The van der Waals surface area contributed by atoms with Crippen LogP contribution in [0.15, 0.2) is 22.7 Å². The average Bonchev–Trinajstić information content (AvgIpc) is 2.79. The molecular weight excluding hydrogens is 254 g/mol. The van der Waals surface area contributed by atoms with Crippen LogP contribution in [0.25, 0.3) is 0 Å². The third-order valence-electron chi connectivity index (χ3n) is 3.25. The fourth-order valence-electron chi connectivity index (χ4n) is 2.45. The Morgan fingerprint density at radius 2 is 2.35 bits per heavy atom. The first-order valence-corrected chi connectivity index (χ1v) is 7.61. The predicted octanol–water partition coefficient (Wildman–Crippen LogP) is 3.28. The molecule has 0 amide bonds. The van der Waals surface area contributed by atoms with Gasteiger partial charge >= 0.3 is 0 Å². The van der Waals surface area contributed by atoms with Gasteiger partial charge in [-0.25, -0.2) is 4.98 Å². The molecule has 0 aliphatic heterocycles. The summed E-state index contributed by atoms with van der Waals surface area (Å²) in [6.45, 7) is 0. The first-order chi connectivity index (χ1) is 8.22. The molecule has 0 radical (unpaired) electrons. The summed E-state index contributed by atoms with van der Waals surface area (Å²) in [6, 6.07) is 3.88. The minimum absolute atomic E-state index is 0.178. The zero-order valence-electron chi connectivity index (χ0n) is 9.64. The van der Waals surface area contributed by atoms with Crippen LogP contribution in [0.3, 0.4) is 0 Å². The number of rotatable bonds is 2. The molecule has 1 aliphatic rings. The van der Waals surface area contributed by atoms with E-state index < -0.39 is 0 Å². The van der Waals surface area contributed by atoms with Gasteiger partial charge in [0.25, 0.3) is 0 Å². The van der Waals surface area contributed by atoms with E-state index in [0.29, 0.717) is 16.3 Å². The zero-order chi connectivity index (χ0) is 12.3. The van der Waals surface area contributed by atoms with E-state index in [1.807, 2.05) is 24.5 Å². The van der Waals surface area contributed by atoms with Crippen molar-refractivity contribution in [2.24, 2.45) is 4.36 Å². The van der Waals surface area contributed by atoms with Gasteiger partial charge in [-0.15, -0.1) is 0 Å². The Hall–Kier alpha value is -0.920. The number of hydrogen-bond acceptors (Lipinski definition) is 3. The van der Waals surface area contributed by atoms with E-state index in [1.54, 1.807) is 0 Å². The van der Waals surface area contributed by atoms with Gasteiger partial charge in [0.05, 0.1) is 0 Å². The third-order valence-corrected chi connectivity index (χ3v) is 5.29. The molecule has 0 N–H and O–H groups in total. The van der Waals surface area contributed by atoms with Crippen molar-refractivity contribution in [1.29, 1.82) is 5.26 Å². The van der Waals surface area contributed by atoms with Crippen LogP contribution in [0, 0.1) is 11.5 Å². The molecule has 0 spiro atoms.